The van der Waals surface area contributed by atoms with Gasteiger partial charge in [0.15, 0.2) is 0 Å². The van der Waals surface area contributed by atoms with Gasteiger partial charge in [-0.05, 0) is 59.3 Å². The molecule has 0 aliphatic heterocycles. The molecule has 0 saturated heterocycles. The fourth-order valence-electron chi connectivity index (χ4n) is 2.44. The van der Waals surface area contributed by atoms with Gasteiger partial charge in [-0.25, -0.2) is 0 Å². The van der Waals surface area contributed by atoms with Gasteiger partial charge in [0.05, 0.1) is 0 Å². The number of benzene rings is 1. The average molecular weight is 272 g/mol. The van der Waals surface area contributed by atoms with Gasteiger partial charge in [-0.2, -0.15) is 11.3 Å². The van der Waals surface area contributed by atoms with Crippen LogP contribution >= 0.6 is 11.3 Å². The van der Waals surface area contributed by atoms with Gasteiger partial charge in [-0.15, -0.1) is 0 Å². The van der Waals surface area contributed by atoms with Gasteiger partial charge in [-0.3, -0.25) is 4.90 Å². The van der Waals surface area contributed by atoms with Gasteiger partial charge < -0.3 is 5.73 Å². The van der Waals surface area contributed by atoms with Crippen molar-refractivity contribution >= 4 is 17.0 Å². The zero-order valence-electron chi connectivity index (χ0n) is 11.3. The van der Waals surface area contributed by atoms with Crippen LogP contribution in [0.2, 0.25) is 0 Å². The van der Waals surface area contributed by atoms with Crippen molar-refractivity contribution in [1.29, 1.82) is 0 Å². The molecule has 1 fully saturated rings. The van der Waals surface area contributed by atoms with Crippen LogP contribution in [0.3, 0.4) is 0 Å². The molecule has 0 amide bonds. The lowest BCUT2D eigenvalue weighted by Gasteiger charge is -2.22. The number of nitrogen functional groups attached to an aromatic ring is 1. The van der Waals surface area contributed by atoms with Gasteiger partial charge in [0.2, 0.25) is 0 Å². The summed E-state index contributed by atoms with van der Waals surface area (Å²) in [4.78, 5) is 2.59. The number of rotatable bonds is 5. The van der Waals surface area contributed by atoms with Crippen LogP contribution in [0.25, 0.3) is 0 Å². The van der Waals surface area contributed by atoms with Gasteiger partial charge in [0.1, 0.15) is 0 Å². The number of hydrogen-bond donors (Lipinski definition) is 1. The molecule has 1 heterocycles. The molecule has 0 bridgehead atoms. The van der Waals surface area contributed by atoms with Crippen molar-refractivity contribution in [3.63, 3.8) is 0 Å². The van der Waals surface area contributed by atoms with E-state index in [1.165, 1.54) is 29.5 Å². The summed E-state index contributed by atoms with van der Waals surface area (Å²) in [6, 6.07) is 9.41. The van der Waals surface area contributed by atoms with Crippen molar-refractivity contribution in [1.82, 2.24) is 4.90 Å². The summed E-state index contributed by atoms with van der Waals surface area (Å²) < 4.78 is 0. The van der Waals surface area contributed by atoms with E-state index in [2.05, 4.69) is 40.8 Å². The van der Waals surface area contributed by atoms with Crippen LogP contribution in [0.5, 0.6) is 0 Å². The molecule has 1 saturated carbocycles. The van der Waals surface area contributed by atoms with E-state index >= 15 is 0 Å². The van der Waals surface area contributed by atoms with E-state index in [9.17, 15) is 0 Å². The van der Waals surface area contributed by atoms with Crippen LogP contribution in [0.1, 0.15) is 29.5 Å². The maximum Gasteiger partial charge on any atom is 0.0343 e. The van der Waals surface area contributed by atoms with Crippen LogP contribution in [0, 0.1) is 6.92 Å². The predicted molar refractivity (Wildman–Crippen MR) is 82.2 cm³/mol. The summed E-state index contributed by atoms with van der Waals surface area (Å²) >= 11 is 1.78. The van der Waals surface area contributed by atoms with E-state index in [1.807, 2.05) is 6.07 Å². The Morgan fingerprint density at radius 3 is 2.63 bits per heavy atom. The lowest BCUT2D eigenvalue weighted by molar-refractivity contribution is 0.246. The molecule has 0 spiro atoms. The van der Waals surface area contributed by atoms with Gasteiger partial charge in [0.25, 0.3) is 0 Å². The number of nitrogens with two attached hydrogens (primary N) is 1. The van der Waals surface area contributed by atoms with Crippen LogP contribution in [0.15, 0.2) is 35.0 Å². The normalized spacial score (nSPS) is 15.1. The molecule has 3 rings (SSSR count). The quantitative estimate of drug-likeness (QED) is 0.839. The minimum atomic E-state index is 0.776. The van der Waals surface area contributed by atoms with Gasteiger partial charge in [0, 0.05) is 24.8 Å². The largest absolute Gasteiger partial charge is 0.399 e. The van der Waals surface area contributed by atoms with E-state index in [1.54, 1.807) is 11.3 Å². The zero-order chi connectivity index (χ0) is 13.2. The number of hydrogen-bond acceptors (Lipinski definition) is 3. The monoisotopic (exact) mass is 272 g/mol. The maximum atomic E-state index is 5.89. The molecule has 1 aliphatic carbocycles. The molecule has 1 aromatic heterocycles. The molecule has 2 nitrogen and oxygen atoms in total. The Kier molecular flexibility index (Phi) is 3.58. The van der Waals surface area contributed by atoms with Crippen molar-refractivity contribution in [2.45, 2.75) is 38.9 Å². The minimum absolute atomic E-state index is 0.776. The maximum absolute atomic E-state index is 5.89. The van der Waals surface area contributed by atoms with Gasteiger partial charge >= 0.3 is 0 Å². The molecule has 0 radical (unpaired) electrons. The SMILES string of the molecule is Cc1cc(CN(Cc2ccsc2)C2CC2)ccc1N. The first kappa shape index (κ1) is 12.7. The van der Waals surface area contributed by atoms with E-state index in [0.29, 0.717) is 0 Å². The van der Waals surface area contributed by atoms with E-state index in [-0.39, 0.29) is 0 Å². The molecule has 0 unspecified atom stereocenters. The Bertz CT molecular complexity index is 544. The van der Waals surface area contributed by atoms with Crippen molar-refractivity contribution in [2.75, 3.05) is 5.73 Å². The molecule has 2 aromatic rings. The highest BCUT2D eigenvalue weighted by Crippen LogP contribution is 2.30. The molecule has 1 aromatic carbocycles. The smallest absolute Gasteiger partial charge is 0.0343 e. The third kappa shape index (κ3) is 3.17. The van der Waals surface area contributed by atoms with Crippen molar-refractivity contribution < 1.29 is 0 Å². The second-order valence-corrected chi connectivity index (χ2v) is 6.24. The van der Waals surface area contributed by atoms with Crippen molar-refractivity contribution in [3.05, 3.63) is 51.7 Å². The van der Waals surface area contributed by atoms with Crippen LogP contribution in [-0.4, -0.2) is 10.9 Å². The summed E-state index contributed by atoms with van der Waals surface area (Å²) in [6.45, 7) is 4.18. The van der Waals surface area contributed by atoms with Crippen LogP contribution < -0.4 is 5.73 Å². The van der Waals surface area contributed by atoms with E-state index in [0.717, 1.165) is 24.8 Å². The second-order valence-electron chi connectivity index (χ2n) is 5.46. The summed E-state index contributed by atoms with van der Waals surface area (Å²) in [5, 5.41) is 4.41. The first-order valence-corrected chi connectivity index (χ1v) is 7.77. The van der Waals surface area contributed by atoms with E-state index in [4.69, 9.17) is 5.73 Å². The highest BCUT2D eigenvalue weighted by Gasteiger charge is 2.28. The van der Waals surface area contributed by atoms with E-state index < -0.39 is 0 Å². The van der Waals surface area contributed by atoms with Crippen LogP contribution in [-0.2, 0) is 13.1 Å². The number of thiophene rings is 1. The molecule has 1 aliphatic rings. The lowest BCUT2D eigenvalue weighted by Crippen LogP contribution is -2.24. The summed E-state index contributed by atoms with van der Waals surface area (Å²) in [7, 11) is 0. The van der Waals surface area contributed by atoms with Crippen LogP contribution in [0.4, 0.5) is 5.69 Å². The zero-order valence-corrected chi connectivity index (χ0v) is 12.1. The fourth-order valence-corrected chi connectivity index (χ4v) is 3.10. The number of aryl methyl sites for hydroxylation is 1. The summed E-state index contributed by atoms with van der Waals surface area (Å²) in [5.74, 6) is 0. The molecule has 0 atom stereocenters. The first-order valence-electron chi connectivity index (χ1n) is 6.82. The molecule has 19 heavy (non-hydrogen) atoms. The molecular formula is C16H20N2S. The van der Waals surface area contributed by atoms with Gasteiger partial charge in [-0.1, -0.05) is 12.1 Å². The molecule has 100 valence electrons. The third-order valence-corrected chi connectivity index (χ3v) is 4.48. The Hall–Kier alpha value is -1.32. The number of nitrogens with zero attached hydrogens (tertiary/aromatic N) is 1. The first-order chi connectivity index (χ1) is 9.22. The third-order valence-electron chi connectivity index (χ3n) is 3.75. The highest BCUT2D eigenvalue weighted by atomic mass is 32.1. The lowest BCUT2D eigenvalue weighted by atomic mass is 10.1. The Morgan fingerprint density at radius 1 is 1.21 bits per heavy atom. The Labute approximate surface area is 118 Å². The Morgan fingerprint density at radius 2 is 2.00 bits per heavy atom. The highest BCUT2D eigenvalue weighted by molar-refractivity contribution is 7.07. The second kappa shape index (κ2) is 5.35. The Balaban J connectivity index is 1.72. The van der Waals surface area contributed by atoms with Crippen molar-refractivity contribution in [3.8, 4) is 0 Å². The fraction of sp³-hybridized carbons (Fsp3) is 0.375. The molecular weight excluding hydrogens is 252 g/mol. The van der Waals surface area contributed by atoms with Crippen molar-refractivity contribution in [2.24, 2.45) is 0 Å². The summed E-state index contributed by atoms with van der Waals surface area (Å²) in [6.07, 6.45) is 2.69. The molecule has 3 heteroatoms. The minimum Gasteiger partial charge on any atom is -0.399 e. The topological polar surface area (TPSA) is 29.3 Å². The number of anilines is 1. The molecule has 2 N–H and O–H groups in total. The standard InChI is InChI=1S/C16H20N2S/c1-12-8-13(2-5-16(12)17)9-18(15-3-4-15)10-14-6-7-19-11-14/h2,5-8,11,15H,3-4,9-10,17H2,1H3. The predicted octanol–water partition coefficient (Wildman–Crippen LogP) is 3.80. The summed E-state index contributed by atoms with van der Waals surface area (Å²) in [5.41, 5.74) is 10.8. The average Bonchev–Trinajstić information content (AvgIpc) is 3.12.